The molecule has 0 bridgehead atoms. The molecule has 0 saturated carbocycles. The largest absolute Gasteiger partial charge is 0.345 e. The van der Waals surface area contributed by atoms with Gasteiger partial charge >= 0.3 is 0 Å². The second-order valence-electron chi connectivity index (χ2n) is 2.64. The second kappa shape index (κ2) is 5.58. The van der Waals surface area contributed by atoms with Crippen LogP contribution in [0.5, 0.6) is 0 Å². The van der Waals surface area contributed by atoms with E-state index in [-0.39, 0.29) is 10.7 Å². The Hall–Kier alpha value is -0.0500. The van der Waals surface area contributed by atoms with Crippen LogP contribution in [0, 0.1) is 0 Å². The number of amides is 1. The maximum atomic E-state index is 11.3. The first-order valence-electron chi connectivity index (χ1n) is 4.02. The summed E-state index contributed by atoms with van der Waals surface area (Å²) in [5.74, 6) is 0.189. The molecule has 0 saturated heterocycles. The number of hydrogen-bond donors (Lipinski definition) is 0. The van der Waals surface area contributed by atoms with E-state index in [2.05, 4.69) is 22.9 Å². The summed E-state index contributed by atoms with van der Waals surface area (Å²) in [5.41, 5.74) is 0. The van der Waals surface area contributed by atoms with Gasteiger partial charge in [0.15, 0.2) is 0 Å². The van der Waals surface area contributed by atoms with Crippen LogP contribution in [-0.4, -0.2) is 29.2 Å². The maximum absolute atomic E-state index is 11.3. The summed E-state index contributed by atoms with van der Waals surface area (Å²) >= 11 is 3.32. The van der Waals surface area contributed by atoms with Crippen LogP contribution in [0.4, 0.5) is 0 Å². The molecule has 3 heteroatoms. The van der Waals surface area contributed by atoms with Crippen LogP contribution in [0.15, 0.2) is 0 Å². The van der Waals surface area contributed by atoms with Crippen LogP contribution in [0.25, 0.3) is 0 Å². The first-order chi connectivity index (χ1) is 5.13. The van der Waals surface area contributed by atoms with Gasteiger partial charge in [-0.2, -0.15) is 0 Å². The summed E-state index contributed by atoms with van der Waals surface area (Å²) in [7, 11) is 1.84. The number of carbonyl (C=O) groups is 1. The Labute approximate surface area is 77.1 Å². The molecule has 0 heterocycles. The van der Waals surface area contributed by atoms with Gasteiger partial charge in [-0.05, 0) is 12.8 Å². The minimum Gasteiger partial charge on any atom is -0.345 e. The molecule has 0 rings (SSSR count). The lowest BCUT2D eigenvalue weighted by molar-refractivity contribution is -0.129. The molecule has 0 radical (unpaired) electrons. The van der Waals surface area contributed by atoms with E-state index >= 15 is 0 Å². The number of carbonyl (C=O) groups excluding carboxylic acids is 1. The smallest absolute Gasteiger partial charge is 0.236 e. The zero-order valence-electron chi connectivity index (χ0n) is 7.43. The lowest BCUT2D eigenvalue weighted by atomic mass is 10.3. The Morgan fingerprint density at radius 2 is 2.09 bits per heavy atom. The van der Waals surface area contributed by atoms with Crippen LogP contribution in [0.2, 0.25) is 0 Å². The zero-order valence-corrected chi connectivity index (χ0v) is 9.02. The van der Waals surface area contributed by atoms with Gasteiger partial charge in [-0.15, -0.1) is 0 Å². The molecule has 0 spiro atoms. The molecule has 66 valence electrons. The topological polar surface area (TPSA) is 20.3 Å². The van der Waals surface area contributed by atoms with E-state index in [4.69, 9.17) is 0 Å². The zero-order chi connectivity index (χ0) is 8.85. The van der Waals surface area contributed by atoms with Crippen molar-refractivity contribution in [1.29, 1.82) is 0 Å². The van der Waals surface area contributed by atoms with Crippen molar-refractivity contribution in [3.05, 3.63) is 0 Å². The normalized spacial score (nSPS) is 12.7. The molecule has 0 fully saturated rings. The number of hydrogen-bond acceptors (Lipinski definition) is 1. The highest BCUT2D eigenvalue weighted by molar-refractivity contribution is 9.10. The van der Waals surface area contributed by atoms with Gasteiger partial charge in [0, 0.05) is 13.6 Å². The molecular weight excluding hydrogens is 206 g/mol. The Morgan fingerprint density at radius 1 is 1.55 bits per heavy atom. The quantitative estimate of drug-likeness (QED) is 0.666. The van der Waals surface area contributed by atoms with E-state index in [1.165, 1.54) is 0 Å². The number of nitrogens with zero attached hydrogens (tertiary/aromatic N) is 1. The average Bonchev–Trinajstić information content (AvgIpc) is 2.02. The van der Waals surface area contributed by atoms with Gasteiger partial charge < -0.3 is 4.90 Å². The number of rotatable bonds is 4. The fraction of sp³-hybridized carbons (Fsp3) is 0.875. The third-order valence-corrected chi connectivity index (χ3v) is 2.60. The molecule has 0 aromatic carbocycles. The van der Waals surface area contributed by atoms with Crippen molar-refractivity contribution < 1.29 is 4.79 Å². The highest BCUT2D eigenvalue weighted by atomic mass is 79.9. The Morgan fingerprint density at radius 3 is 2.45 bits per heavy atom. The minimum atomic E-state index is -0.000880. The van der Waals surface area contributed by atoms with Crippen LogP contribution in [0.3, 0.4) is 0 Å². The lowest BCUT2D eigenvalue weighted by Crippen LogP contribution is -2.33. The van der Waals surface area contributed by atoms with Crippen molar-refractivity contribution in [2.24, 2.45) is 0 Å². The SMILES string of the molecule is CCCN(C)C(=O)C(Br)CC. The molecule has 2 nitrogen and oxygen atoms in total. The lowest BCUT2D eigenvalue weighted by Gasteiger charge is -2.18. The Kier molecular flexibility index (Phi) is 5.56. The molecule has 0 N–H and O–H groups in total. The van der Waals surface area contributed by atoms with Crippen LogP contribution < -0.4 is 0 Å². The fourth-order valence-corrected chi connectivity index (χ4v) is 1.21. The molecule has 0 aromatic heterocycles. The van der Waals surface area contributed by atoms with Gasteiger partial charge in [0.05, 0.1) is 4.83 Å². The van der Waals surface area contributed by atoms with E-state index in [0.717, 1.165) is 19.4 Å². The summed E-state index contributed by atoms with van der Waals surface area (Å²) in [6, 6.07) is 0. The van der Waals surface area contributed by atoms with Gasteiger partial charge in [-0.25, -0.2) is 0 Å². The second-order valence-corrected chi connectivity index (χ2v) is 3.74. The third-order valence-electron chi connectivity index (χ3n) is 1.56. The van der Waals surface area contributed by atoms with Crippen LogP contribution in [0.1, 0.15) is 26.7 Å². The molecule has 0 aliphatic carbocycles. The van der Waals surface area contributed by atoms with E-state index < -0.39 is 0 Å². The van der Waals surface area contributed by atoms with Crippen LogP contribution in [-0.2, 0) is 4.79 Å². The minimum absolute atomic E-state index is 0.000880. The predicted molar refractivity (Wildman–Crippen MR) is 50.9 cm³/mol. The highest BCUT2D eigenvalue weighted by Crippen LogP contribution is 2.07. The monoisotopic (exact) mass is 221 g/mol. The van der Waals surface area contributed by atoms with Gasteiger partial charge in [-0.1, -0.05) is 29.8 Å². The van der Waals surface area contributed by atoms with Crippen molar-refractivity contribution in [3.8, 4) is 0 Å². The molecule has 0 aromatic rings. The van der Waals surface area contributed by atoms with Crippen molar-refractivity contribution in [2.75, 3.05) is 13.6 Å². The standard InChI is InChI=1S/C8H16BrNO/c1-4-6-10(3)8(11)7(9)5-2/h7H,4-6H2,1-3H3. The molecular formula is C8H16BrNO. The summed E-state index contributed by atoms with van der Waals surface area (Å²) in [6.07, 6.45) is 1.87. The number of alkyl halides is 1. The Bertz CT molecular complexity index is 127. The van der Waals surface area contributed by atoms with Gasteiger partial charge in [-0.3, -0.25) is 4.79 Å². The van der Waals surface area contributed by atoms with Crippen LogP contribution >= 0.6 is 15.9 Å². The van der Waals surface area contributed by atoms with Crippen molar-refractivity contribution in [1.82, 2.24) is 4.90 Å². The summed E-state index contributed by atoms with van der Waals surface area (Å²) in [4.78, 5) is 13.1. The van der Waals surface area contributed by atoms with Crippen molar-refractivity contribution in [2.45, 2.75) is 31.5 Å². The summed E-state index contributed by atoms with van der Waals surface area (Å²) < 4.78 is 0. The molecule has 1 amide bonds. The molecule has 0 aliphatic rings. The van der Waals surface area contributed by atoms with Gasteiger partial charge in [0.1, 0.15) is 0 Å². The van der Waals surface area contributed by atoms with Gasteiger partial charge in [0.25, 0.3) is 0 Å². The predicted octanol–water partition coefficient (Wildman–Crippen LogP) is 2.03. The summed E-state index contributed by atoms with van der Waals surface area (Å²) in [6.45, 7) is 4.91. The molecule has 11 heavy (non-hydrogen) atoms. The average molecular weight is 222 g/mol. The van der Waals surface area contributed by atoms with E-state index in [0.29, 0.717) is 0 Å². The highest BCUT2D eigenvalue weighted by Gasteiger charge is 2.15. The van der Waals surface area contributed by atoms with Crippen molar-refractivity contribution >= 4 is 21.8 Å². The van der Waals surface area contributed by atoms with Gasteiger partial charge in [0.2, 0.25) is 5.91 Å². The summed E-state index contributed by atoms with van der Waals surface area (Å²) in [5, 5.41) is 0. The Balaban J connectivity index is 3.81. The molecule has 1 unspecified atom stereocenters. The number of halogens is 1. The van der Waals surface area contributed by atoms with E-state index in [1.54, 1.807) is 4.90 Å². The molecule has 0 aliphatic heterocycles. The molecule has 1 atom stereocenters. The van der Waals surface area contributed by atoms with Crippen molar-refractivity contribution in [3.63, 3.8) is 0 Å². The fourth-order valence-electron chi connectivity index (χ4n) is 0.859. The van der Waals surface area contributed by atoms with E-state index in [9.17, 15) is 4.79 Å². The first-order valence-corrected chi connectivity index (χ1v) is 4.94. The first kappa shape index (κ1) is 11.0. The maximum Gasteiger partial charge on any atom is 0.236 e. The van der Waals surface area contributed by atoms with E-state index in [1.807, 2.05) is 14.0 Å². The third kappa shape index (κ3) is 3.75.